The Morgan fingerprint density at radius 3 is 2.44 bits per heavy atom. The monoisotopic (exact) mass is 358 g/mol. The molecule has 1 rings (SSSR count). The van der Waals surface area contributed by atoms with Gasteiger partial charge in [0.1, 0.15) is 12.1 Å². The first-order valence-electron chi connectivity index (χ1n) is 7.39. The molecule has 1 unspecified atom stereocenters. The second kappa shape index (κ2) is 9.05. The van der Waals surface area contributed by atoms with E-state index in [1.165, 1.54) is 13.8 Å². The van der Waals surface area contributed by atoms with Gasteiger partial charge in [-0.3, -0.25) is 9.59 Å². The Morgan fingerprint density at radius 1 is 1.32 bits per heavy atom. The number of amides is 3. The highest BCUT2D eigenvalue weighted by Gasteiger charge is 2.27. The van der Waals surface area contributed by atoms with Crippen LogP contribution in [-0.2, 0) is 9.59 Å². The molecule has 0 spiro atoms. The van der Waals surface area contributed by atoms with Gasteiger partial charge in [0, 0.05) is 0 Å². The molecule has 0 aliphatic carbocycles. The zero-order valence-corrected chi connectivity index (χ0v) is 13.8. The van der Waals surface area contributed by atoms with Gasteiger partial charge in [-0.05, 0) is 13.8 Å². The van der Waals surface area contributed by atoms with E-state index in [9.17, 15) is 19.5 Å². The first-order chi connectivity index (χ1) is 11.6. The number of nitrogens with one attached hydrogen (secondary N) is 2. The van der Waals surface area contributed by atoms with Crippen LogP contribution in [0.3, 0.4) is 0 Å². The third-order valence-electron chi connectivity index (χ3n) is 3.20. The average Bonchev–Trinajstić information content (AvgIpc) is 3.00. The SMILES string of the molecule is CC(=O)[C@H](NC(=O)N[C@H](CC(N)=O)c1nc([C@H](N)CO)no1)C(C)O. The molecule has 8 N–H and O–H groups in total. The van der Waals surface area contributed by atoms with Gasteiger partial charge >= 0.3 is 6.03 Å². The highest BCUT2D eigenvalue weighted by Crippen LogP contribution is 2.16. The molecule has 1 heterocycles. The number of aromatic nitrogens is 2. The van der Waals surface area contributed by atoms with E-state index in [0.717, 1.165) is 0 Å². The zero-order valence-electron chi connectivity index (χ0n) is 13.8. The number of carbonyl (C=O) groups is 3. The van der Waals surface area contributed by atoms with Gasteiger partial charge in [-0.15, -0.1) is 0 Å². The quantitative estimate of drug-likeness (QED) is 0.278. The van der Waals surface area contributed by atoms with E-state index in [0.29, 0.717) is 0 Å². The van der Waals surface area contributed by atoms with Crippen molar-refractivity contribution in [3.05, 3.63) is 11.7 Å². The molecule has 4 atom stereocenters. The summed E-state index contributed by atoms with van der Waals surface area (Å²) in [5.74, 6) is -1.37. The zero-order chi connectivity index (χ0) is 19.1. The van der Waals surface area contributed by atoms with Gasteiger partial charge in [-0.2, -0.15) is 4.98 Å². The van der Waals surface area contributed by atoms with Crippen LogP contribution >= 0.6 is 0 Å². The molecule has 0 saturated carbocycles. The lowest BCUT2D eigenvalue weighted by Gasteiger charge is -2.20. The fourth-order valence-electron chi connectivity index (χ4n) is 1.93. The van der Waals surface area contributed by atoms with Crippen LogP contribution in [0.5, 0.6) is 0 Å². The summed E-state index contributed by atoms with van der Waals surface area (Å²) in [6, 6.07) is -3.95. The third kappa shape index (κ3) is 6.10. The van der Waals surface area contributed by atoms with Crippen LogP contribution in [0.4, 0.5) is 4.79 Å². The number of aliphatic hydroxyl groups is 2. The van der Waals surface area contributed by atoms with Gasteiger partial charge < -0.3 is 36.8 Å². The van der Waals surface area contributed by atoms with Crippen LogP contribution in [0, 0.1) is 0 Å². The molecule has 1 aromatic rings. The molecule has 1 aromatic heterocycles. The second-order valence-electron chi connectivity index (χ2n) is 5.45. The number of urea groups is 1. The number of carbonyl (C=O) groups excluding carboxylic acids is 3. The summed E-state index contributed by atoms with van der Waals surface area (Å²) in [4.78, 5) is 38.6. The summed E-state index contributed by atoms with van der Waals surface area (Å²) in [7, 11) is 0. The van der Waals surface area contributed by atoms with Crippen molar-refractivity contribution in [1.82, 2.24) is 20.8 Å². The minimum atomic E-state index is -1.13. The van der Waals surface area contributed by atoms with Gasteiger partial charge in [0.2, 0.25) is 11.8 Å². The topological polar surface area (TPSA) is 207 Å². The van der Waals surface area contributed by atoms with Crippen molar-refractivity contribution in [1.29, 1.82) is 0 Å². The molecule has 12 nitrogen and oxygen atoms in total. The largest absolute Gasteiger partial charge is 0.394 e. The van der Waals surface area contributed by atoms with Crippen molar-refractivity contribution in [3.8, 4) is 0 Å². The fraction of sp³-hybridized carbons (Fsp3) is 0.615. The molecule has 0 aromatic carbocycles. The van der Waals surface area contributed by atoms with Crippen LogP contribution in [0.1, 0.15) is 44.1 Å². The van der Waals surface area contributed by atoms with Gasteiger partial charge in [0.05, 0.1) is 25.2 Å². The van der Waals surface area contributed by atoms with Crippen molar-refractivity contribution in [2.45, 2.75) is 44.5 Å². The lowest BCUT2D eigenvalue weighted by atomic mass is 10.1. The van der Waals surface area contributed by atoms with E-state index in [1.807, 2.05) is 0 Å². The highest BCUT2D eigenvalue weighted by atomic mass is 16.5. The predicted octanol–water partition coefficient (Wildman–Crippen LogP) is -2.38. The van der Waals surface area contributed by atoms with Crippen LogP contribution in [-0.4, -0.2) is 56.8 Å². The second-order valence-corrected chi connectivity index (χ2v) is 5.45. The van der Waals surface area contributed by atoms with E-state index in [1.54, 1.807) is 0 Å². The molecule has 140 valence electrons. The van der Waals surface area contributed by atoms with Crippen LogP contribution in [0.15, 0.2) is 4.52 Å². The molecule has 0 aliphatic heterocycles. The Hall–Kier alpha value is -2.57. The molecule has 3 amide bonds. The van der Waals surface area contributed by atoms with Gasteiger partial charge in [0.15, 0.2) is 11.6 Å². The maximum atomic E-state index is 12.0. The number of Topliss-reactive ketones (excluding diaryl/α,β-unsaturated/α-hetero) is 1. The molecule has 0 radical (unpaired) electrons. The number of ketones is 1. The smallest absolute Gasteiger partial charge is 0.316 e. The number of hydrogen-bond acceptors (Lipinski definition) is 9. The first kappa shape index (κ1) is 20.5. The van der Waals surface area contributed by atoms with Gasteiger partial charge in [-0.25, -0.2) is 4.79 Å². The molecule has 0 aliphatic rings. The summed E-state index contributed by atoms with van der Waals surface area (Å²) in [6.45, 7) is 2.12. The molecule has 25 heavy (non-hydrogen) atoms. The van der Waals surface area contributed by atoms with Crippen LogP contribution in [0.2, 0.25) is 0 Å². The summed E-state index contributed by atoms with van der Waals surface area (Å²) >= 11 is 0. The standard InChI is InChI=1S/C13H22N6O6/c1-5(21)10(6(2)22)17-13(24)16-8(3-9(15)23)12-18-11(19-25-12)7(14)4-20/h5,7-8,10,20-21H,3-4,14H2,1-2H3,(H2,15,23)(H2,16,17,24)/t5?,7-,8-,10-/m1/s1. The van der Waals surface area contributed by atoms with Gasteiger partial charge in [-0.1, -0.05) is 5.16 Å². The maximum Gasteiger partial charge on any atom is 0.316 e. The molecule has 0 bridgehead atoms. The minimum Gasteiger partial charge on any atom is -0.394 e. The Morgan fingerprint density at radius 2 is 1.96 bits per heavy atom. The van der Waals surface area contributed by atoms with E-state index < -0.39 is 48.6 Å². The number of rotatable bonds is 9. The molecular weight excluding hydrogens is 336 g/mol. The van der Waals surface area contributed by atoms with E-state index >= 15 is 0 Å². The fourth-order valence-corrected chi connectivity index (χ4v) is 1.93. The lowest BCUT2D eigenvalue weighted by Crippen LogP contribution is -2.51. The van der Waals surface area contributed by atoms with Crippen molar-refractivity contribution in [3.63, 3.8) is 0 Å². The van der Waals surface area contributed by atoms with E-state index in [2.05, 4.69) is 20.8 Å². The highest BCUT2D eigenvalue weighted by molar-refractivity contribution is 5.87. The summed E-state index contributed by atoms with van der Waals surface area (Å²) in [5.41, 5.74) is 10.7. The normalized spacial score (nSPS) is 15.7. The average molecular weight is 358 g/mol. The van der Waals surface area contributed by atoms with Crippen LogP contribution < -0.4 is 22.1 Å². The summed E-state index contributed by atoms with van der Waals surface area (Å²) in [5, 5.41) is 26.7. The van der Waals surface area contributed by atoms with Crippen molar-refractivity contribution >= 4 is 17.7 Å². The third-order valence-corrected chi connectivity index (χ3v) is 3.20. The Bertz CT molecular complexity index is 618. The molecule has 0 saturated heterocycles. The van der Waals surface area contributed by atoms with Crippen molar-refractivity contribution in [2.24, 2.45) is 11.5 Å². The summed E-state index contributed by atoms with van der Waals surface area (Å²) < 4.78 is 4.93. The van der Waals surface area contributed by atoms with E-state index in [-0.39, 0.29) is 18.1 Å². The maximum absolute atomic E-state index is 12.0. The Labute approximate surface area is 142 Å². The molecular formula is C13H22N6O6. The van der Waals surface area contributed by atoms with Crippen LogP contribution in [0.25, 0.3) is 0 Å². The van der Waals surface area contributed by atoms with Crippen molar-refractivity contribution in [2.75, 3.05) is 6.61 Å². The number of nitrogens with zero attached hydrogens (tertiary/aromatic N) is 2. The van der Waals surface area contributed by atoms with Gasteiger partial charge in [0.25, 0.3) is 0 Å². The molecule has 12 heteroatoms. The number of nitrogens with two attached hydrogens (primary N) is 2. The van der Waals surface area contributed by atoms with E-state index in [4.69, 9.17) is 21.1 Å². The minimum absolute atomic E-state index is 0.0141. The van der Waals surface area contributed by atoms with Crippen molar-refractivity contribution < 1.29 is 29.1 Å². The Kier molecular flexibility index (Phi) is 7.42. The predicted molar refractivity (Wildman–Crippen MR) is 82.7 cm³/mol. The lowest BCUT2D eigenvalue weighted by molar-refractivity contribution is -0.121. The number of hydrogen-bond donors (Lipinski definition) is 6. The Balaban J connectivity index is 2.89. The summed E-state index contributed by atoms with van der Waals surface area (Å²) in [6.07, 6.45) is -1.47. The number of primary amides is 1. The first-order valence-corrected chi connectivity index (χ1v) is 7.39. The number of aliphatic hydroxyl groups excluding tert-OH is 2. The molecule has 0 fully saturated rings.